The van der Waals surface area contributed by atoms with Gasteiger partial charge in [0.05, 0.1) is 18.7 Å². The van der Waals surface area contributed by atoms with Gasteiger partial charge in [-0.1, -0.05) is 66.7 Å². The predicted octanol–water partition coefficient (Wildman–Crippen LogP) is 4.22. The number of amides is 3. The van der Waals surface area contributed by atoms with E-state index in [1.54, 1.807) is 26.2 Å². The van der Waals surface area contributed by atoms with Crippen molar-refractivity contribution < 1.29 is 19.1 Å². The fourth-order valence-corrected chi connectivity index (χ4v) is 3.84. The number of allylic oxidation sites excluding steroid dienone is 1. The molecule has 3 aromatic rings. The summed E-state index contributed by atoms with van der Waals surface area (Å²) in [6.07, 6.45) is 0. The average Bonchev–Trinajstić information content (AvgIpc) is 2.86. The molecule has 1 aliphatic heterocycles. The van der Waals surface area contributed by atoms with Gasteiger partial charge in [-0.25, -0.2) is 4.79 Å². The molecule has 1 atom stereocenters. The van der Waals surface area contributed by atoms with Crippen LogP contribution in [0.4, 0.5) is 4.79 Å². The lowest BCUT2D eigenvalue weighted by Crippen LogP contribution is -2.46. The summed E-state index contributed by atoms with van der Waals surface area (Å²) >= 11 is 0. The van der Waals surface area contributed by atoms with Gasteiger partial charge >= 0.3 is 6.03 Å². The zero-order chi connectivity index (χ0) is 23.9. The Morgan fingerprint density at radius 3 is 2.29 bits per heavy atom. The molecule has 0 aromatic heterocycles. The molecule has 0 aliphatic carbocycles. The summed E-state index contributed by atoms with van der Waals surface area (Å²) in [7, 11) is 1.56. The lowest BCUT2D eigenvalue weighted by atomic mass is 9.94. The molecule has 0 saturated heterocycles. The van der Waals surface area contributed by atoms with Gasteiger partial charge in [0.2, 0.25) is 0 Å². The summed E-state index contributed by atoms with van der Waals surface area (Å²) < 4.78 is 11.5. The molecule has 34 heavy (non-hydrogen) atoms. The van der Waals surface area contributed by atoms with Gasteiger partial charge in [0, 0.05) is 12.2 Å². The molecule has 1 aliphatic rings. The van der Waals surface area contributed by atoms with Crippen molar-refractivity contribution in [1.82, 2.24) is 16.0 Å². The topological polar surface area (TPSA) is 88.7 Å². The van der Waals surface area contributed by atoms with Crippen LogP contribution in [0.1, 0.15) is 29.7 Å². The number of nitrogens with one attached hydrogen (secondary N) is 3. The number of rotatable bonds is 8. The van der Waals surface area contributed by atoms with Crippen LogP contribution < -0.4 is 25.4 Å². The van der Waals surface area contributed by atoms with E-state index in [4.69, 9.17) is 9.47 Å². The summed E-state index contributed by atoms with van der Waals surface area (Å²) in [4.78, 5) is 25.4. The summed E-state index contributed by atoms with van der Waals surface area (Å²) in [6, 6.07) is 23.9. The molecule has 7 heteroatoms. The first kappa shape index (κ1) is 22.9. The Bertz CT molecular complexity index is 1190. The molecular weight excluding hydrogens is 430 g/mol. The van der Waals surface area contributed by atoms with Gasteiger partial charge in [-0.2, -0.15) is 0 Å². The van der Waals surface area contributed by atoms with Gasteiger partial charge in [-0.05, 0) is 35.7 Å². The number of methoxy groups -OCH3 is 1. The van der Waals surface area contributed by atoms with E-state index in [9.17, 15) is 9.59 Å². The monoisotopic (exact) mass is 457 g/mol. The highest BCUT2D eigenvalue weighted by Gasteiger charge is 2.31. The quantitative estimate of drug-likeness (QED) is 0.473. The fraction of sp³-hybridized carbons (Fsp3) is 0.185. The molecule has 0 spiro atoms. The lowest BCUT2D eigenvalue weighted by Gasteiger charge is -2.29. The molecule has 174 valence electrons. The van der Waals surface area contributed by atoms with Crippen molar-refractivity contribution in [3.63, 3.8) is 0 Å². The second kappa shape index (κ2) is 10.6. The highest BCUT2D eigenvalue weighted by molar-refractivity contribution is 5.98. The fourth-order valence-electron chi connectivity index (χ4n) is 3.84. The Hall–Kier alpha value is -4.26. The molecule has 1 heterocycles. The van der Waals surface area contributed by atoms with E-state index in [1.165, 1.54) is 0 Å². The second-order valence-corrected chi connectivity index (χ2v) is 7.92. The van der Waals surface area contributed by atoms with Crippen LogP contribution >= 0.6 is 0 Å². The molecular formula is C27H27N3O4. The lowest BCUT2D eigenvalue weighted by molar-refractivity contribution is -0.118. The first-order chi connectivity index (χ1) is 16.5. The van der Waals surface area contributed by atoms with E-state index in [0.29, 0.717) is 41.5 Å². The standard InChI is InChI=1S/C27H27N3O4/c1-18-24(26(31)28-16-19-9-5-3-6-10-19)25(30-27(32)29-18)21-13-14-22(23(15-21)33-2)34-17-20-11-7-4-8-12-20/h3-15,25H,16-17H2,1-2H3,(H,28,31)(H2,29,30,32)/t25-/m1/s1. The molecule has 3 aromatic carbocycles. The minimum atomic E-state index is -0.637. The van der Waals surface area contributed by atoms with Crippen molar-refractivity contribution in [1.29, 1.82) is 0 Å². The van der Waals surface area contributed by atoms with E-state index in [1.807, 2.05) is 66.7 Å². The van der Waals surface area contributed by atoms with Crippen LogP contribution in [0, 0.1) is 0 Å². The Kier molecular flexibility index (Phi) is 7.13. The molecule has 3 N–H and O–H groups in total. The Balaban J connectivity index is 1.55. The Morgan fingerprint density at radius 2 is 1.62 bits per heavy atom. The zero-order valence-corrected chi connectivity index (χ0v) is 19.1. The van der Waals surface area contributed by atoms with E-state index < -0.39 is 6.04 Å². The van der Waals surface area contributed by atoms with Crippen LogP contribution in [-0.2, 0) is 17.9 Å². The third-order valence-corrected chi connectivity index (χ3v) is 5.57. The molecule has 7 nitrogen and oxygen atoms in total. The third kappa shape index (κ3) is 5.38. The predicted molar refractivity (Wildman–Crippen MR) is 129 cm³/mol. The second-order valence-electron chi connectivity index (χ2n) is 7.92. The third-order valence-electron chi connectivity index (χ3n) is 5.57. The molecule has 3 amide bonds. The van der Waals surface area contributed by atoms with Gasteiger partial charge in [0.15, 0.2) is 11.5 Å². The molecule has 0 fully saturated rings. The Labute approximate surface area is 198 Å². The van der Waals surface area contributed by atoms with Gasteiger partial charge in [0.1, 0.15) is 6.61 Å². The van der Waals surface area contributed by atoms with Crippen LogP contribution in [0.25, 0.3) is 0 Å². The number of ether oxygens (including phenoxy) is 2. The number of carbonyl (C=O) groups excluding carboxylic acids is 2. The van der Waals surface area contributed by atoms with Gasteiger partial charge in [-0.3, -0.25) is 4.79 Å². The maximum Gasteiger partial charge on any atom is 0.319 e. The SMILES string of the molecule is COc1cc([C@H]2NC(=O)NC(C)=C2C(=O)NCc2ccccc2)ccc1OCc1ccccc1. The number of hydrogen-bond donors (Lipinski definition) is 3. The van der Waals surface area contributed by atoms with Crippen LogP contribution in [0.15, 0.2) is 90.1 Å². The normalized spacial score (nSPS) is 15.2. The van der Waals surface area contributed by atoms with Crippen molar-refractivity contribution in [2.75, 3.05) is 7.11 Å². The number of hydrogen-bond acceptors (Lipinski definition) is 4. The largest absolute Gasteiger partial charge is 0.493 e. The minimum absolute atomic E-state index is 0.262. The van der Waals surface area contributed by atoms with Gasteiger partial charge in [0.25, 0.3) is 5.91 Å². The van der Waals surface area contributed by atoms with Gasteiger partial charge in [-0.15, -0.1) is 0 Å². The van der Waals surface area contributed by atoms with E-state index in [2.05, 4.69) is 16.0 Å². The molecule has 0 unspecified atom stereocenters. The molecule has 4 rings (SSSR count). The summed E-state index contributed by atoms with van der Waals surface area (Å²) in [5.74, 6) is 0.830. The van der Waals surface area contributed by atoms with Crippen molar-refractivity contribution in [3.05, 3.63) is 107 Å². The van der Waals surface area contributed by atoms with E-state index in [-0.39, 0.29) is 11.9 Å². The van der Waals surface area contributed by atoms with Crippen molar-refractivity contribution >= 4 is 11.9 Å². The summed E-state index contributed by atoms with van der Waals surface area (Å²) in [6.45, 7) is 2.50. The molecule has 0 radical (unpaired) electrons. The number of urea groups is 1. The number of carbonyl (C=O) groups is 2. The summed E-state index contributed by atoms with van der Waals surface area (Å²) in [5.41, 5.74) is 3.68. The smallest absolute Gasteiger partial charge is 0.319 e. The molecule has 0 saturated carbocycles. The van der Waals surface area contributed by atoms with Crippen LogP contribution in [0.2, 0.25) is 0 Å². The van der Waals surface area contributed by atoms with Crippen molar-refractivity contribution in [2.24, 2.45) is 0 Å². The van der Waals surface area contributed by atoms with Gasteiger partial charge < -0.3 is 25.4 Å². The number of benzene rings is 3. The zero-order valence-electron chi connectivity index (χ0n) is 19.1. The minimum Gasteiger partial charge on any atom is -0.493 e. The maximum atomic E-state index is 13.1. The maximum absolute atomic E-state index is 13.1. The van der Waals surface area contributed by atoms with Crippen LogP contribution in [0.3, 0.4) is 0 Å². The summed E-state index contributed by atoms with van der Waals surface area (Å²) in [5, 5.41) is 8.50. The average molecular weight is 458 g/mol. The van der Waals surface area contributed by atoms with Crippen molar-refractivity contribution in [2.45, 2.75) is 26.1 Å². The highest BCUT2D eigenvalue weighted by Crippen LogP contribution is 2.34. The first-order valence-electron chi connectivity index (χ1n) is 11.0. The van der Waals surface area contributed by atoms with E-state index in [0.717, 1.165) is 11.1 Å². The van der Waals surface area contributed by atoms with Crippen LogP contribution in [-0.4, -0.2) is 19.0 Å². The first-order valence-corrected chi connectivity index (χ1v) is 11.0. The molecule has 0 bridgehead atoms. The van der Waals surface area contributed by atoms with E-state index >= 15 is 0 Å². The Morgan fingerprint density at radius 1 is 0.941 bits per heavy atom. The van der Waals surface area contributed by atoms with Crippen molar-refractivity contribution in [3.8, 4) is 11.5 Å². The highest BCUT2D eigenvalue weighted by atomic mass is 16.5. The van der Waals surface area contributed by atoms with Crippen LogP contribution in [0.5, 0.6) is 11.5 Å².